The van der Waals surface area contributed by atoms with Gasteiger partial charge in [-0.3, -0.25) is 14.4 Å². The lowest BCUT2D eigenvalue weighted by Crippen LogP contribution is -2.25. The van der Waals surface area contributed by atoms with Crippen LogP contribution in [-0.4, -0.2) is 21.2 Å². The molecule has 2 aromatic heterocycles. The van der Waals surface area contributed by atoms with Crippen molar-refractivity contribution in [3.8, 4) is 0 Å². The number of carbonyl (C=O) groups excluding carboxylic acids is 2. The normalized spacial score (nSPS) is 10.8. The number of anilines is 1. The van der Waals surface area contributed by atoms with Gasteiger partial charge in [0.25, 0.3) is 0 Å². The van der Waals surface area contributed by atoms with Crippen molar-refractivity contribution < 1.29 is 9.59 Å². The molecule has 160 valence electrons. The van der Waals surface area contributed by atoms with Crippen LogP contribution in [0.1, 0.15) is 21.6 Å². The Hall–Kier alpha value is -3.29. The summed E-state index contributed by atoms with van der Waals surface area (Å²) in [5.74, 6) is -0.762. The van der Waals surface area contributed by atoms with Gasteiger partial charge >= 0.3 is 0 Å². The van der Waals surface area contributed by atoms with Crippen LogP contribution in [0, 0.1) is 6.92 Å². The smallest absolute Gasteiger partial charge is 0.244 e. The fraction of sp³-hybridized carbons (Fsp3) is 0.0833. The molecule has 2 heterocycles. The van der Waals surface area contributed by atoms with E-state index in [9.17, 15) is 14.4 Å². The molecule has 4 rings (SSSR count). The van der Waals surface area contributed by atoms with E-state index >= 15 is 0 Å². The molecule has 0 saturated carbocycles. The first-order chi connectivity index (χ1) is 15.3. The Morgan fingerprint density at radius 2 is 1.72 bits per heavy atom. The molecular weight excluding hydrogens is 494 g/mol. The van der Waals surface area contributed by atoms with Gasteiger partial charge in [-0.1, -0.05) is 27.5 Å². The van der Waals surface area contributed by atoms with E-state index in [0.29, 0.717) is 27.6 Å². The van der Waals surface area contributed by atoms with E-state index in [-0.39, 0.29) is 23.4 Å². The van der Waals surface area contributed by atoms with Crippen LogP contribution < -0.4 is 10.7 Å². The number of fused-ring (bicyclic) bond motifs is 1. The third kappa shape index (κ3) is 4.64. The molecule has 1 amide bonds. The number of benzene rings is 2. The SMILES string of the molecule is Cc1ccc2c(=O)c(C(=O)c3ccc(Cl)cc3)cn(CC(=O)Nc3ccc(Br)cc3)c2n1. The molecule has 6 nitrogen and oxygen atoms in total. The molecule has 4 aromatic rings. The second-order valence-electron chi connectivity index (χ2n) is 7.21. The van der Waals surface area contributed by atoms with Gasteiger partial charge in [0, 0.05) is 32.6 Å². The van der Waals surface area contributed by atoms with Crippen molar-refractivity contribution in [3.63, 3.8) is 0 Å². The number of aromatic nitrogens is 2. The highest BCUT2D eigenvalue weighted by Crippen LogP contribution is 2.17. The number of halogens is 2. The molecule has 0 atom stereocenters. The van der Waals surface area contributed by atoms with Crippen LogP contribution in [0.2, 0.25) is 5.02 Å². The third-order valence-electron chi connectivity index (χ3n) is 4.85. The van der Waals surface area contributed by atoms with Crippen LogP contribution in [-0.2, 0) is 11.3 Å². The summed E-state index contributed by atoms with van der Waals surface area (Å²) in [6, 6.07) is 16.8. The number of nitrogens with zero attached hydrogens (tertiary/aromatic N) is 2. The first-order valence-electron chi connectivity index (χ1n) is 9.68. The van der Waals surface area contributed by atoms with Gasteiger partial charge in [0.1, 0.15) is 12.2 Å². The molecule has 32 heavy (non-hydrogen) atoms. The largest absolute Gasteiger partial charge is 0.325 e. The molecule has 0 saturated heterocycles. The summed E-state index contributed by atoms with van der Waals surface area (Å²) in [7, 11) is 0. The summed E-state index contributed by atoms with van der Waals surface area (Å²) in [6.07, 6.45) is 1.40. The lowest BCUT2D eigenvalue weighted by atomic mass is 10.0. The number of nitrogens with one attached hydrogen (secondary N) is 1. The standard InChI is InChI=1S/C24H17BrClN3O3/c1-14-2-11-19-23(32)20(22(31)15-3-7-17(26)8-4-15)12-29(24(19)27-14)13-21(30)28-18-9-5-16(25)6-10-18/h2-12H,13H2,1H3,(H,28,30). The number of aryl methyl sites for hydroxylation is 1. The zero-order chi connectivity index (χ0) is 22.8. The van der Waals surface area contributed by atoms with Gasteiger partial charge in [-0.15, -0.1) is 0 Å². The van der Waals surface area contributed by atoms with E-state index in [2.05, 4.69) is 26.2 Å². The lowest BCUT2D eigenvalue weighted by Gasteiger charge is -2.13. The maximum absolute atomic E-state index is 13.1. The minimum absolute atomic E-state index is 0.0399. The molecule has 0 aliphatic carbocycles. The molecule has 8 heteroatoms. The average molecular weight is 511 g/mol. The average Bonchev–Trinajstić information content (AvgIpc) is 2.77. The van der Waals surface area contributed by atoms with Crippen molar-refractivity contribution >= 4 is 55.9 Å². The van der Waals surface area contributed by atoms with Crippen LogP contribution in [0.5, 0.6) is 0 Å². The zero-order valence-corrected chi connectivity index (χ0v) is 19.3. The van der Waals surface area contributed by atoms with E-state index in [1.54, 1.807) is 55.5 Å². The fourth-order valence-corrected chi connectivity index (χ4v) is 3.68. The summed E-state index contributed by atoms with van der Waals surface area (Å²) < 4.78 is 2.42. The van der Waals surface area contributed by atoms with Crippen molar-refractivity contribution in [2.75, 3.05) is 5.32 Å². The van der Waals surface area contributed by atoms with Gasteiger partial charge in [0.05, 0.1) is 10.9 Å². The van der Waals surface area contributed by atoms with E-state index in [1.165, 1.54) is 10.8 Å². The number of pyridine rings is 2. The van der Waals surface area contributed by atoms with E-state index in [4.69, 9.17) is 11.6 Å². The second-order valence-corrected chi connectivity index (χ2v) is 8.57. The number of ketones is 1. The van der Waals surface area contributed by atoms with E-state index in [1.807, 2.05) is 12.1 Å². The Kier molecular flexibility index (Phi) is 6.21. The Bertz CT molecular complexity index is 1400. The Morgan fingerprint density at radius 3 is 2.41 bits per heavy atom. The van der Waals surface area contributed by atoms with E-state index in [0.717, 1.165) is 4.47 Å². The van der Waals surface area contributed by atoms with Crippen LogP contribution in [0.15, 0.2) is 76.1 Å². The van der Waals surface area contributed by atoms with Gasteiger partial charge < -0.3 is 9.88 Å². The Labute approximate surface area is 197 Å². The summed E-state index contributed by atoms with van der Waals surface area (Å²) in [5.41, 5.74) is 1.52. The third-order valence-corrected chi connectivity index (χ3v) is 5.63. The number of hydrogen-bond acceptors (Lipinski definition) is 4. The van der Waals surface area contributed by atoms with Gasteiger partial charge in [-0.05, 0) is 67.6 Å². The highest BCUT2D eigenvalue weighted by Gasteiger charge is 2.19. The number of amides is 1. The molecule has 0 bridgehead atoms. The molecule has 0 fully saturated rings. The summed E-state index contributed by atoms with van der Waals surface area (Å²) in [4.78, 5) is 43.3. The van der Waals surface area contributed by atoms with Crippen LogP contribution >= 0.6 is 27.5 Å². The van der Waals surface area contributed by atoms with Crippen molar-refractivity contribution in [1.82, 2.24) is 9.55 Å². The van der Waals surface area contributed by atoms with Gasteiger partial charge in [-0.25, -0.2) is 4.98 Å². The molecule has 1 N–H and O–H groups in total. The molecule has 0 unspecified atom stereocenters. The summed E-state index contributed by atoms with van der Waals surface area (Å²) >= 11 is 9.27. The summed E-state index contributed by atoms with van der Waals surface area (Å²) in [5, 5.41) is 3.57. The Balaban J connectivity index is 1.75. The van der Waals surface area contributed by atoms with E-state index < -0.39 is 11.2 Å². The monoisotopic (exact) mass is 509 g/mol. The number of rotatable bonds is 5. The van der Waals surface area contributed by atoms with Crippen molar-refractivity contribution in [1.29, 1.82) is 0 Å². The van der Waals surface area contributed by atoms with Gasteiger partial charge in [0.15, 0.2) is 5.78 Å². The topological polar surface area (TPSA) is 81.1 Å². The fourth-order valence-electron chi connectivity index (χ4n) is 3.29. The number of carbonyl (C=O) groups is 2. The Morgan fingerprint density at radius 1 is 1.03 bits per heavy atom. The molecule has 0 spiro atoms. The van der Waals surface area contributed by atoms with Crippen LogP contribution in [0.3, 0.4) is 0 Å². The molecule has 0 aliphatic heterocycles. The second kappa shape index (κ2) is 9.06. The quantitative estimate of drug-likeness (QED) is 0.384. The highest BCUT2D eigenvalue weighted by molar-refractivity contribution is 9.10. The molecule has 0 aliphatic rings. The van der Waals surface area contributed by atoms with Crippen molar-refractivity contribution in [2.45, 2.75) is 13.5 Å². The number of hydrogen-bond donors (Lipinski definition) is 1. The lowest BCUT2D eigenvalue weighted by molar-refractivity contribution is -0.116. The molecule has 0 radical (unpaired) electrons. The highest BCUT2D eigenvalue weighted by atomic mass is 79.9. The van der Waals surface area contributed by atoms with Gasteiger partial charge in [0.2, 0.25) is 11.3 Å². The minimum atomic E-state index is -0.448. The maximum Gasteiger partial charge on any atom is 0.244 e. The van der Waals surface area contributed by atoms with Crippen LogP contribution in [0.4, 0.5) is 5.69 Å². The maximum atomic E-state index is 13.1. The van der Waals surface area contributed by atoms with Gasteiger partial charge in [-0.2, -0.15) is 0 Å². The molecule has 2 aromatic carbocycles. The predicted octanol–water partition coefficient (Wildman–Crippen LogP) is 4.99. The zero-order valence-electron chi connectivity index (χ0n) is 16.9. The molecular formula is C24H17BrClN3O3. The first kappa shape index (κ1) is 21.9. The first-order valence-corrected chi connectivity index (χ1v) is 10.9. The van der Waals surface area contributed by atoms with Crippen molar-refractivity contribution in [2.24, 2.45) is 0 Å². The van der Waals surface area contributed by atoms with Crippen molar-refractivity contribution in [3.05, 3.63) is 103 Å². The summed E-state index contributed by atoms with van der Waals surface area (Å²) in [6.45, 7) is 1.67. The van der Waals surface area contributed by atoms with Crippen LogP contribution in [0.25, 0.3) is 11.0 Å². The predicted molar refractivity (Wildman–Crippen MR) is 128 cm³/mol. The minimum Gasteiger partial charge on any atom is -0.325 e.